The largest absolute Gasteiger partial charge is 0.459 e. The number of benzene rings is 6. The molecule has 0 radical (unpaired) electrons. The van der Waals surface area contributed by atoms with Crippen molar-refractivity contribution in [3.05, 3.63) is 201 Å². The number of aliphatic imine (C=N–C) groups is 2. The highest BCUT2D eigenvalue weighted by molar-refractivity contribution is 7.25. The van der Waals surface area contributed by atoms with Crippen LogP contribution in [-0.2, 0) is 75.4 Å². The summed E-state index contributed by atoms with van der Waals surface area (Å²) in [5.41, 5.74) is -3.64. The Bertz CT molecular complexity index is 3230. The van der Waals surface area contributed by atoms with E-state index < -0.39 is 46.1 Å². The monoisotopic (exact) mass is 950 g/mol. The molecular weight excluding hydrogens is 917 g/mol. The van der Waals surface area contributed by atoms with Gasteiger partial charge in [0.1, 0.15) is 50.7 Å². The minimum Gasteiger partial charge on any atom is -0.459 e. The molecule has 0 saturated heterocycles. The van der Waals surface area contributed by atoms with Gasteiger partial charge in [0.05, 0.1) is 11.4 Å². The molecule has 2 aliphatic carbocycles. The summed E-state index contributed by atoms with van der Waals surface area (Å²) in [6.07, 6.45) is 2.87. The molecule has 71 heavy (non-hydrogen) atoms. The van der Waals surface area contributed by atoms with Crippen LogP contribution in [0.3, 0.4) is 0 Å². The summed E-state index contributed by atoms with van der Waals surface area (Å²) in [6, 6.07) is 48.6. The van der Waals surface area contributed by atoms with Crippen molar-refractivity contribution in [1.82, 2.24) is 0 Å². The zero-order valence-corrected chi connectivity index (χ0v) is 38.0. The Hall–Kier alpha value is -9.80. The van der Waals surface area contributed by atoms with Crippen molar-refractivity contribution < 1.29 is 38.1 Å². The summed E-state index contributed by atoms with van der Waals surface area (Å²) in [5, 5.41) is 40.5. The molecule has 1 aromatic heterocycles. The molecule has 0 spiro atoms. The molecule has 15 heteroatoms. The van der Waals surface area contributed by atoms with Crippen LogP contribution in [0.4, 0.5) is 0 Å². The quantitative estimate of drug-likeness (QED) is 0.0430. The molecule has 0 unspecified atom stereocenters. The number of carbonyl (C=O) groups is 4. The number of ether oxygens (including phenoxy) is 4. The fourth-order valence-corrected chi connectivity index (χ4v) is 9.71. The van der Waals surface area contributed by atoms with Gasteiger partial charge in [0.2, 0.25) is 22.3 Å². The molecule has 0 amide bonds. The van der Waals surface area contributed by atoms with Gasteiger partial charge < -0.3 is 18.9 Å². The Labute approximate surface area is 409 Å². The molecule has 0 aliphatic heterocycles. The predicted octanol–water partition coefficient (Wildman–Crippen LogP) is 9.19. The zero-order valence-electron chi connectivity index (χ0n) is 37.2. The number of esters is 4. The molecule has 9 rings (SSSR count). The van der Waals surface area contributed by atoms with Crippen molar-refractivity contribution in [2.75, 3.05) is 0 Å². The van der Waals surface area contributed by atoms with E-state index in [2.05, 4.69) is 9.98 Å². The van der Waals surface area contributed by atoms with Crippen molar-refractivity contribution in [3.8, 4) is 24.3 Å². The van der Waals surface area contributed by atoms with Crippen molar-refractivity contribution >= 4 is 79.0 Å². The maximum absolute atomic E-state index is 15.0. The van der Waals surface area contributed by atoms with E-state index in [0.29, 0.717) is 53.6 Å². The van der Waals surface area contributed by atoms with Gasteiger partial charge >= 0.3 is 23.9 Å². The molecule has 342 valence electrons. The number of hydrogen-bond donors (Lipinski definition) is 0. The summed E-state index contributed by atoms with van der Waals surface area (Å²) in [5.74, 6) is -4.38. The van der Waals surface area contributed by atoms with E-state index in [1.807, 2.05) is 0 Å². The molecule has 1 heterocycles. The lowest BCUT2D eigenvalue weighted by Crippen LogP contribution is -2.46. The Morgan fingerprint density at radius 1 is 0.437 bits per heavy atom. The smallest absolute Gasteiger partial charge is 0.334 e. The third-order valence-corrected chi connectivity index (χ3v) is 13.1. The van der Waals surface area contributed by atoms with Crippen molar-refractivity contribution in [2.45, 2.75) is 37.3 Å². The summed E-state index contributed by atoms with van der Waals surface area (Å²) >= 11 is 1.30. The van der Waals surface area contributed by atoms with Crippen molar-refractivity contribution in [2.24, 2.45) is 9.98 Å². The SMILES string of the molecule is N#CC(C#N)=NC1=Cc2cc3sc4cc5c(cc4c3cc2C1(C(=O)OCc1ccccc1)C(=O)OCc1ccccc1)C(C(=O)OCc1ccccc1)(C(=O)OCc1ccccc1)C(N=C(C#N)C#N)=C5. The van der Waals surface area contributed by atoms with E-state index in [9.17, 15) is 40.2 Å². The molecule has 6 aromatic carbocycles. The maximum Gasteiger partial charge on any atom is 0.334 e. The van der Waals surface area contributed by atoms with Gasteiger partial charge in [-0.2, -0.15) is 21.0 Å². The van der Waals surface area contributed by atoms with Crippen LogP contribution in [0, 0.1) is 45.3 Å². The van der Waals surface area contributed by atoms with E-state index >= 15 is 0 Å². The number of nitriles is 4. The minimum atomic E-state index is -2.49. The van der Waals surface area contributed by atoms with E-state index in [1.54, 1.807) is 170 Å². The van der Waals surface area contributed by atoms with Crippen LogP contribution in [0.5, 0.6) is 0 Å². The second-order valence-corrected chi connectivity index (χ2v) is 17.2. The minimum absolute atomic E-state index is 0.0576. The molecule has 0 atom stereocenters. The van der Waals surface area contributed by atoms with Crippen LogP contribution in [0.2, 0.25) is 0 Å². The number of hydrogen-bond acceptors (Lipinski definition) is 15. The summed E-state index contributed by atoms with van der Waals surface area (Å²) in [6.45, 7) is -1.06. The van der Waals surface area contributed by atoms with Gasteiger partial charge in [-0.25, -0.2) is 9.98 Å². The lowest BCUT2D eigenvalue weighted by atomic mass is 9.78. The van der Waals surface area contributed by atoms with E-state index in [0.717, 1.165) is 0 Å². The zero-order chi connectivity index (χ0) is 49.5. The van der Waals surface area contributed by atoms with Crippen LogP contribution in [0.15, 0.2) is 167 Å². The van der Waals surface area contributed by atoms with Gasteiger partial charge in [-0.15, -0.1) is 11.3 Å². The number of fused-ring (bicyclic) bond motifs is 5. The van der Waals surface area contributed by atoms with E-state index in [4.69, 9.17) is 18.9 Å². The first kappa shape index (κ1) is 46.3. The fourth-order valence-electron chi connectivity index (χ4n) is 8.55. The summed E-state index contributed by atoms with van der Waals surface area (Å²) < 4.78 is 25.0. The highest BCUT2D eigenvalue weighted by Crippen LogP contribution is 2.52. The van der Waals surface area contributed by atoms with Crippen LogP contribution < -0.4 is 0 Å². The van der Waals surface area contributed by atoms with Gasteiger partial charge in [0.25, 0.3) is 0 Å². The van der Waals surface area contributed by atoms with Crippen molar-refractivity contribution in [3.63, 3.8) is 0 Å². The average molecular weight is 951 g/mol. The van der Waals surface area contributed by atoms with Crippen LogP contribution in [0.1, 0.15) is 44.5 Å². The predicted molar refractivity (Wildman–Crippen MR) is 261 cm³/mol. The van der Waals surface area contributed by atoms with Crippen molar-refractivity contribution in [1.29, 1.82) is 21.0 Å². The first-order valence-corrected chi connectivity index (χ1v) is 22.6. The number of rotatable bonds is 14. The standard InChI is InChI=1S/C56H34N6O8S/c57-27-41(28-58)61-49-23-39-21-47-43(25-45(39)55(49,51(63)67-31-35-13-5-1-6-14-35)52(64)68-32-36-15-7-2-8-16-36)44-26-46-40(22-48(44)71-47)24-50(62-42(29-59)30-60)56(46,53(65)69-33-37-17-9-3-10-18-37)54(66)70-34-38-19-11-4-12-20-38/h1-26H,31-34H2. The van der Waals surface area contributed by atoms with Gasteiger partial charge in [0, 0.05) is 20.2 Å². The van der Waals surface area contributed by atoms with Gasteiger partial charge in [-0.1, -0.05) is 121 Å². The van der Waals surface area contributed by atoms with Gasteiger partial charge in [-0.05, 0) is 80.9 Å². The lowest BCUT2D eigenvalue weighted by Gasteiger charge is -2.28. The molecule has 0 bridgehead atoms. The second kappa shape index (κ2) is 19.8. The van der Waals surface area contributed by atoms with E-state index in [-0.39, 0.29) is 48.9 Å². The Morgan fingerprint density at radius 3 is 0.986 bits per heavy atom. The number of nitrogens with zero attached hydrogens (tertiary/aromatic N) is 6. The van der Waals surface area contributed by atoms with Gasteiger partial charge in [0.15, 0.2) is 0 Å². The third kappa shape index (κ3) is 8.58. The highest BCUT2D eigenvalue weighted by Gasteiger charge is 2.60. The Kier molecular flexibility index (Phi) is 12.9. The lowest BCUT2D eigenvalue weighted by molar-refractivity contribution is -0.166. The number of carbonyl (C=O) groups excluding carboxylic acids is 4. The number of thiophene rings is 1. The first-order valence-electron chi connectivity index (χ1n) is 21.8. The van der Waals surface area contributed by atoms with Crippen LogP contribution in [0.25, 0.3) is 32.3 Å². The molecule has 2 aliphatic rings. The third-order valence-electron chi connectivity index (χ3n) is 11.9. The van der Waals surface area contributed by atoms with Crippen LogP contribution in [-0.4, -0.2) is 35.3 Å². The molecule has 0 N–H and O–H groups in total. The molecular formula is C56H34N6O8S. The van der Waals surface area contributed by atoms with Crippen LogP contribution >= 0.6 is 11.3 Å². The van der Waals surface area contributed by atoms with Gasteiger partial charge in [-0.3, -0.25) is 19.2 Å². The average Bonchev–Trinajstić information content (AvgIpc) is 4.04. The topological polar surface area (TPSA) is 225 Å². The molecule has 0 saturated carbocycles. The first-order chi connectivity index (χ1) is 34.6. The fraction of sp³-hybridized carbons (Fsp3) is 0.107. The Morgan fingerprint density at radius 2 is 0.718 bits per heavy atom. The highest BCUT2D eigenvalue weighted by atomic mass is 32.1. The summed E-state index contributed by atoms with van der Waals surface area (Å²) in [4.78, 5) is 68.5. The Balaban J connectivity index is 1.25. The summed E-state index contributed by atoms with van der Waals surface area (Å²) in [7, 11) is 0. The maximum atomic E-state index is 15.0. The second-order valence-electron chi connectivity index (χ2n) is 16.1. The molecule has 14 nitrogen and oxygen atoms in total. The molecule has 0 fully saturated rings. The van der Waals surface area contributed by atoms with E-state index in [1.165, 1.54) is 23.5 Å². The normalized spacial score (nSPS) is 13.3. The molecule has 7 aromatic rings.